The average molecular weight is 357 g/mol. The zero-order valence-electron chi connectivity index (χ0n) is 12.4. The summed E-state index contributed by atoms with van der Waals surface area (Å²) in [5.41, 5.74) is 3.26. The second-order valence-corrected chi connectivity index (χ2v) is 7.88. The number of benzene rings is 2. The number of nitrogens with one attached hydrogen (secondary N) is 1. The van der Waals surface area contributed by atoms with E-state index in [2.05, 4.69) is 8.57 Å². The van der Waals surface area contributed by atoms with Crippen LogP contribution < -0.4 is 5.64 Å². The lowest BCUT2D eigenvalue weighted by molar-refractivity contribution is -0.00729. The van der Waals surface area contributed by atoms with E-state index in [0.29, 0.717) is 0 Å². The van der Waals surface area contributed by atoms with Gasteiger partial charge in [-0.3, -0.25) is 0 Å². The van der Waals surface area contributed by atoms with Crippen LogP contribution in [0.5, 0.6) is 0 Å². The Morgan fingerprint density at radius 2 is 0.957 bits per heavy atom. The lowest BCUT2D eigenvalue weighted by atomic mass is 10.2. The van der Waals surface area contributed by atoms with Crippen molar-refractivity contribution < 1.29 is 25.4 Å². The van der Waals surface area contributed by atoms with Crippen molar-refractivity contribution in [1.29, 1.82) is 0 Å². The summed E-state index contributed by atoms with van der Waals surface area (Å²) in [6.45, 7) is 3.60. The molecule has 124 valence electrons. The molecule has 0 spiro atoms. The Bertz CT molecular complexity index is 796. The van der Waals surface area contributed by atoms with Crippen molar-refractivity contribution in [3.63, 3.8) is 0 Å². The van der Waals surface area contributed by atoms with E-state index in [-0.39, 0.29) is 9.79 Å². The van der Waals surface area contributed by atoms with Gasteiger partial charge in [0, 0.05) is 0 Å². The molecule has 0 fully saturated rings. The monoisotopic (exact) mass is 357 g/mol. The molecule has 7 nitrogen and oxygen atoms in total. The molecule has 0 saturated heterocycles. The summed E-state index contributed by atoms with van der Waals surface area (Å²) in [5.74, 6) is 0. The Hall–Kier alpha value is -1.78. The van der Waals surface area contributed by atoms with Crippen LogP contribution in [0.15, 0.2) is 58.3 Å². The maximum atomic E-state index is 11.9. The van der Waals surface area contributed by atoms with Gasteiger partial charge in [0.05, 0.1) is 9.79 Å². The van der Waals surface area contributed by atoms with E-state index < -0.39 is 20.2 Å². The highest BCUT2D eigenvalue weighted by atomic mass is 32.2. The Labute approximate surface area is 135 Å². The van der Waals surface area contributed by atoms with Gasteiger partial charge in [-0.05, 0) is 43.8 Å². The number of hydrogen-bond acceptors (Lipinski definition) is 7. The maximum Gasteiger partial charge on any atom is 0.314 e. The molecule has 9 heteroatoms. The molecular weight excluding hydrogens is 342 g/mol. The quantitative estimate of drug-likeness (QED) is 0.788. The van der Waals surface area contributed by atoms with Gasteiger partial charge in [-0.2, -0.15) is 16.8 Å². The van der Waals surface area contributed by atoms with Crippen molar-refractivity contribution in [1.82, 2.24) is 5.64 Å². The average Bonchev–Trinajstić information content (AvgIpc) is 2.47. The standard InChI is InChI=1S/C14H15NO6S2/c1-11-3-7-13(8-4-11)22(16,17)20-15-21-23(18,19)14-9-5-12(2)6-10-14/h3-10,15H,1-2H3. The summed E-state index contributed by atoms with van der Waals surface area (Å²) in [7, 11) is -8.38. The number of rotatable bonds is 6. The minimum Gasteiger partial charge on any atom is -0.192 e. The van der Waals surface area contributed by atoms with Gasteiger partial charge in [0.1, 0.15) is 0 Å². The summed E-state index contributed by atoms with van der Waals surface area (Å²) < 4.78 is 56.1. The normalized spacial score (nSPS) is 12.3. The maximum absolute atomic E-state index is 11.9. The minimum atomic E-state index is -4.19. The van der Waals surface area contributed by atoms with E-state index in [1.54, 1.807) is 38.1 Å². The molecule has 0 atom stereocenters. The van der Waals surface area contributed by atoms with Crippen LogP contribution in [-0.2, 0) is 28.8 Å². The second-order valence-electron chi connectivity index (χ2n) is 4.78. The summed E-state index contributed by atoms with van der Waals surface area (Å²) in [6, 6.07) is 11.7. The first-order valence-electron chi connectivity index (χ1n) is 6.46. The highest BCUT2D eigenvalue weighted by Gasteiger charge is 2.19. The molecule has 0 saturated carbocycles. The van der Waals surface area contributed by atoms with Crippen molar-refractivity contribution in [2.45, 2.75) is 23.6 Å². The van der Waals surface area contributed by atoms with Crippen molar-refractivity contribution in [3.8, 4) is 0 Å². The first kappa shape index (κ1) is 17.6. The van der Waals surface area contributed by atoms with Crippen LogP contribution in [0.4, 0.5) is 0 Å². The molecule has 0 radical (unpaired) electrons. The fourth-order valence-electron chi connectivity index (χ4n) is 1.61. The number of aryl methyl sites for hydroxylation is 2. The Morgan fingerprint density at radius 1 is 0.652 bits per heavy atom. The highest BCUT2D eigenvalue weighted by molar-refractivity contribution is 7.87. The molecule has 2 aromatic rings. The Kier molecular flexibility index (Phi) is 5.17. The van der Waals surface area contributed by atoms with Gasteiger partial charge in [-0.25, -0.2) is 0 Å². The summed E-state index contributed by atoms with van der Waals surface area (Å²) in [5, 5.41) is 0. The molecule has 0 unspecified atom stereocenters. The molecule has 2 rings (SSSR count). The van der Waals surface area contributed by atoms with E-state index in [9.17, 15) is 16.8 Å². The summed E-state index contributed by atoms with van der Waals surface area (Å²) in [4.78, 5) is -0.265. The second kappa shape index (κ2) is 6.77. The molecule has 0 aliphatic carbocycles. The zero-order valence-corrected chi connectivity index (χ0v) is 14.0. The third-order valence-corrected chi connectivity index (χ3v) is 5.18. The summed E-state index contributed by atoms with van der Waals surface area (Å²) >= 11 is 0. The van der Waals surface area contributed by atoms with Gasteiger partial charge in [-0.1, -0.05) is 35.4 Å². The van der Waals surface area contributed by atoms with Crippen molar-refractivity contribution in [2.75, 3.05) is 0 Å². The Morgan fingerprint density at radius 3 is 1.26 bits per heavy atom. The van der Waals surface area contributed by atoms with E-state index in [0.717, 1.165) is 11.1 Å². The van der Waals surface area contributed by atoms with Gasteiger partial charge < -0.3 is 0 Å². The molecule has 0 aromatic heterocycles. The Balaban J connectivity index is 2.03. The van der Waals surface area contributed by atoms with Crippen LogP contribution in [0.3, 0.4) is 0 Å². The minimum absolute atomic E-state index is 0.132. The topological polar surface area (TPSA) is 98.8 Å². The van der Waals surface area contributed by atoms with Crippen LogP contribution in [-0.4, -0.2) is 16.8 Å². The predicted octanol–water partition coefficient (Wildman–Crippen LogP) is 1.83. The van der Waals surface area contributed by atoms with Crippen LogP contribution in [0.25, 0.3) is 0 Å². The molecule has 0 aliphatic rings. The predicted molar refractivity (Wildman–Crippen MR) is 82.0 cm³/mol. The third-order valence-electron chi connectivity index (χ3n) is 2.91. The molecular formula is C14H15NO6S2. The molecule has 0 heterocycles. The highest BCUT2D eigenvalue weighted by Crippen LogP contribution is 2.14. The van der Waals surface area contributed by atoms with Gasteiger partial charge in [0.25, 0.3) is 0 Å². The molecule has 1 N–H and O–H groups in total. The van der Waals surface area contributed by atoms with E-state index in [1.807, 2.05) is 0 Å². The van der Waals surface area contributed by atoms with E-state index >= 15 is 0 Å². The molecule has 2 aromatic carbocycles. The van der Waals surface area contributed by atoms with E-state index in [1.165, 1.54) is 29.9 Å². The molecule has 0 amide bonds. The van der Waals surface area contributed by atoms with Crippen LogP contribution in [0.2, 0.25) is 0 Å². The van der Waals surface area contributed by atoms with Crippen molar-refractivity contribution in [2.24, 2.45) is 0 Å². The van der Waals surface area contributed by atoms with Gasteiger partial charge in [0.2, 0.25) is 0 Å². The van der Waals surface area contributed by atoms with Crippen LogP contribution >= 0.6 is 0 Å². The fraction of sp³-hybridized carbons (Fsp3) is 0.143. The molecule has 0 aliphatic heterocycles. The van der Waals surface area contributed by atoms with Gasteiger partial charge in [-0.15, -0.1) is 8.57 Å². The molecule has 0 bridgehead atoms. The van der Waals surface area contributed by atoms with Crippen LogP contribution in [0.1, 0.15) is 11.1 Å². The smallest absolute Gasteiger partial charge is 0.192 e. The first-order valence-corrected chi connectivity index (χ1v) is 9.28. The van der Waals surface area contributed by atoms with E-state index in [4.69, 9.17) is 0 Å². The lowest BCUT2D eigenvalue weighted by Crippen LogP contribution is -2.24. The van der Waals surface area contributed by atoms with Crippen molar-refractivity contribution >= 4 is 20.2 Å². The lowest BCUT2D eigenvalue weighted by Gasteiger charge is -2.07. The van der Waals surface area contributed by atoms with Gasteiger partial charge >= 0.3 is 20.2 Å². The molecule has 23 heavy (non-hydrogen) atoms. The largest absolute Gasteiger partial charge is 0.314 e. The first-order chi connectivity index (χ1) is 10.7. The zero-order chi connectivity index (χ0) is 17.1. The summed E-state index contributed by atoms with van der Waals surface area (Å²) in [6.07, 6.45) is 0. The fourth-order valence-corrected chi connectivity index (χ4v) is 3.03. The van der Waals surface area contributed by atoms with Crippen molar-refractivity contribution in [3.05, 3.63) is 59.7 Å². The third kappa shape index (κ3) is 4.60. The SMILES string of the molecule is Cc1ccc(S(=O)(=O)ONOS(=O)(=O)c2ccc(C)cc2)cc1. The number of hydrogen-bond donors (Lipinski definition) is 1. The van der Waals surface area contributed by atoms with Crippen LogP contribution in [0, 0.1) is 13.8 Å². The van der Waals surface area contributed by atoms with Gasteiger partial charge in [0.15, 0.2) is 0 Å².